The average molecular weight is 445 g/mol. The Morgan fingerprint density at radius 1 is 1.06 bits per heavy atom. The third-order valence-corrected chi connectivity index (χ3v) is 5.28. The Kier molecular flexibility index (Phi) is 5.59. The number of nitrogens with zero attached hydrogens (tertiary/aromatic N) is 2. The molecule has 8 heteroatoms. The molecule has 0 saturated heterocycles. The van der Waals surface area contributed by atoms with Gasteiger partial charge in [0, 0.05) is 22.9 Å². The van der Waals surface area contributed by atoms with Crippen LogP contribution in [0.15, 0.2) is 65.1 Å². The van der Waals surface area contributed by atoms with Gasteiger partial charge in [-0.15, -0.1) is 0 Å². The number of ether oxygens (including phenoxy) is 1. The van der Waals surface area contributed by atoms with Crippen molar-refractivity contribution in [3.8, 4) is 17.2 Å². The first-order valence-electron chi connectivity index (χ1n) is 10.3. The molecule has 1 N–H and O–H groups in total. The molecule has 1 aromatic heterocycles. The molecule has 0 aliphatic heterocycles. The highest BCUT2D eigenvalue weighted by atomic mass is 16.6. The van der Waals surface area contributed by atoms with Crippen LogP contribution in [-0.4, -0.2) is 22.9 Å². The highest BCUT2D eigenvalue weighted by molar-refractivity contribution is 6.05. The molecule has 0 bridgehead atoms. The minimum Gasteiger partial charge on any atom is -0.490 e. The molecule has 0 radical (unpaired) electrons. The van der Waals surface area contributed by atoms with Crippen LogP contribution in [0.25, 0.3) is 22.6 Å². The molecule has 1 amide bonds. The quantitative estimate of drug-likeness (QED) is 0.300. The Morgan fingerprint density at radius 2 is 1.79 bits per heavy atom. The number of hydrogen-bond acceptors (Lipinski definition) is 6. The molecule has 0 fully saturated rings. The maximum Gasteiger partial charge on any atom is 0.311 e. The topological polar surface area (TPSA) is 108 Å². The number of oxazole rings is 1. The lowest BCUT2D eigenvalue weighted by Crippen LogP contribution is -2.12. The van der Waals surface area contributed by atoms with Crippen LogP contribution in [0.5, 0.6) is 5.75 Å². The zero-order valence-corrected chi connectivity index (χ0v) is 18.7. The Bertz CT molecular complexity index is 1350. The van der Waals surface area contributed by atoms with Gasteiger partial charge >= 0.3 is 5.69 Å². The van der Waals surface area contributed by atoms with Crippen molar-refractivity contribution in [1.82, 2.24) is 4.98 Å². The predicted molar refractivity (Wildman–Crippen MR) is 126 cm³/mol. The van der Waals surface area contributed by atoms with E-state index in [9.17, 15) is 14.9 Å². The maximum absolute atomic E-state index is 12.6. The zero-order valence-electron chi connectivity index (χ0n) is 18.7. The summed E-state index contributed by atoms with van der Waals surface area (Å²) in [5.74, 6) is 0.0879. The second-order valence-corrected chi connectivity index (χ2v) is 8.63. The number of methoxy groups -OCH3 is 1. The number of carbonyl (C=O) groups excluding carboxylic acids is 1. The van der Waals surface area contributed by atoms with E-state index in [1.54, 1.807) is 18.2 Å². The number of carbonyl (C=O) groups is 1. The molecule has 168 valence electrons. The number of nitro groups is 1. The van der Waals surface area contributed by atoms with E-state index in [-0.39, 0.29) is 22.4 Å². The summed E-state index contributed by atoms with van der Waals surface area (Å²) in [6.45, 7) is 6.46. The Hall–Kier alpha value is -4.20. The molecule has 33 heavy (non-hydrogen) atoms. The highest BCUT2D eigenvalue weighted by Gasteiger charge is 2.19. The molecule has 0 aliphatic rings. The first-order valence-corrected chi connectivity index (χ1v) is 10.3. The molecule has 0 atom stereocenters. The number of anilines is 1. The van der Waals surface area contributed by atoms with E-state index in [0.29, 0.717) is 22.7 Å². The smallest absolute Gasteiger partial charge is 0.311 e. The third kappa shape index (κ3) is 4.55. The standard InChI is InChI=1S/C25H23N3O5/c1-25(2,3)17-8-5-15(6-9-17)24-27-19-14-18(10-12-21(19)33-24)26-23(29)16-7-11-22(32-4)20(13-16)28(30)31/h5-14H,1-4H3,(H,26,29). The fourth-order valence-electron chi connectivity index (χ4n) is 3.42. The second-order valence-electron chi connectivity index (χ2n) is 8.63. The monoisotopic (exact) mass is 445 g/mol. The number of fused-ring (bicyclic) bond motifs is 1. The van der Waals surface area contributed by atoms with Gasteiger partial charge in [0.25, 0.3) is 5.91 Å². The molecule has 0 unspecified atom stereocenters. The lowest BCUT2D eigenvalue weighted by atomic mass is 9.87. The first kappa shape index (κ1) is 22.0. The SMILES string of the molecule is COc1ccc(C(=O)Nc2ccc3oc(-c4ccc(C(C)(C)C)cc4)nc3c2)cc1[N+](=O)[O-]. The van der Waals surface area contributed by atoms with Gasteiger partial charge < -0.3 is 14.5 Å². The van der Waals surface area contributed by atoms with E-state index in [4.69, 9.17) is 9.15 Å². The van der Waals surface area contributed by atoms with Gasteiger partial charge in [0.1, 0.15) is 5.52 Å². The van der Waals surface area contributed by atoms with Crippen LogP contribution in [0.2, 0.25) is 0 Å². The lowest BCUT2D eigenvalue weighted by Gasteiger charge is -2.18. The summed E-state index contributed by atoms with van der Waals surface area (Å²) in [5, 5.41) is 14.0. The minimum absolute atomic E-state index is 0.0528. The van der Waals surface area contributed by atoms with E-state index in [0.717, 1.165) is 5.56 Å². The maximum atomic E-state index is 12.6. The number of nitrogens with one attached hydrogen (secondary N) is 1. The van der Waals surface area contributed by atoms with E-state index < -0.39 is 10.8 Å². The molecule has 4 aromatic rings. The van der Waals surface area contributed by atoms with Crippen LogP contribution in [0.4, 0.5) is 11.4 Å². The predicted octanol–water partition coefficient (Wildman–Crippen LogP) is 5.96. The van der Waals surface area contributed by atoms with Crippen molar-refractivity contribution in [2.45, 2.75) is 26.2 Å². The van der Waals surface area contributed by atoms with Crippen LogP contribution in [0.1, 0.15) is 36.7 Å². The summed E-state index contributed by atoms with van der Waals surface area (Å²) in [6.07, 6.45) is 0. The number of hydrogen-bond donors (Lipinski definition) is 1. The summed E-state index contributed by atoms with van der Waals surface area (Å²) in [6, 6.07) is 17.2. The van der Waals surface area contributed by atoms with Gasteiger partial charge in [-0.25, -0.2) is 4.98 Å². The number of rotatable bonds is 5. The first-order chi connectivity index (χ1) is 15.7. The summed E-state index contributed by atoms with van der Waals surface area (Å²) < 4.78 is 10.9. The number of aromatic nitrogens is 1. The van der Waals surface area contributed by atoms with Crippen molar-refractivity contribution in [3.63, 3.8) is 0 Å². The molecular weight excluding hydrogens is 422 g/mol. The van der Waals surface area contributed by atoms with Crippen LogP contribution in [0, 0.1) is 10.1 Å². The van der Waals surface area contributed by atoms with E-state index in [1.165, 1.54) is 30.9 Å². The summed E-state index contributed by atoms with van der Waals surface area (Å²) >= 11 is 0. The molecule has 8 nitrogen and oxygen atoms in total. The number of nitro benzene ring substituents is 1. The molecule has 1 heterocycles. The van der Waals surface area contributed by atoms with E-state index in [2.05, 4.69) is 43.2 Å². The van der Waals surface area contributed by atoms with Gasteiger partial charge in [-0.3, -0.25) is 14.9 Å². The van der Waals surface area contributed by atoms with Gasteiger partial charge in [-0.1, -0.05) is 32.9 Å². The molecule has 0 spiro atoms. The lowest BCUT2D eigenvalue weighted by molar-refractivity contribution is -0.385. The van der Waals surface area contributed by atoms with Crippen LogP contribution in [-0.2, 0) is 5.41 Å². The highest BCUT2D eigenvalue weighted by Crippen LogP contribution is 2.30. The van der Waals surface area contributed by atoms with Gasteiger partial charge in [0.05, 0.1) is 12.0 Å². The van der Waals surface area contributed by atoms with Crippen LogP contribution >= 0.6 is 0 Å². The third-order valence-electron chi connectivity index (χ3n) is 5.28. The van der Waals surface area contributed by atoms with Crippen molar-refractivity contribution in [1.29, 1.82) is 0 Å². The van der Waals surface area contributed by atoms with Gasteiger partial charge in [-0.2, -0.15) is 0 Å². The zero-order chi connectivity index (χ0) is 23.8. The largest absolute Gasteiger partial charge is 0.490 e. The molecule has 4 rings (SSSR count). The number of benzene rings is 3. The average Bonchev–Trinajstić information content (AvgIpc) is 3.21. The second kappa shape index (κ2) is 8.38. The summed E-state index contributed by atoms with van der Waals surface area (Å²) in [5.41, 5.74) is 3.65. The van der Waals surface area contributed by atoms with Crippen molar-refractivity contribution >= 4 is 28.4 Å². The van der Waals surface area contributed by atoms with Gasteiger partial charge in [0.2, 0.25) is 5.89 Å². The Morgan fingerprint density at radius 3 is 2.42 bits per heavy atom. The van der Waals surface area contributed by atoms with Crippen LogP contribution < -0.4 is 10.1 Å². The Balaban J connectivity index is 1.57. The normalized spacial score (nSPS) is 11.4. The van der Waals surface area contributed by atoms with Crippen LogP contribution in [0.3, 0.4) is 0 Å². The fraction of sp³-hybridized carbons (Fsp3) is 0.200. The summed E-state index contributed by atoms with van der Waals surface area (Å²) in [4.78, 5) is 27.8. The summed E-state index contributed by atoms with van der Waals surface area (Å²) in [7, 11) is 1.34. The molecule has 3 aromatic carbocycles. The van der Waals surface area contributed by atoms with Crippen molar-refractivity contribution < 1.29 is 18.9 Å². The fourth-order valence-corrected chi connectivity index (χ4v) is 3.42. The minimum atomic E-state index is -0.591. The van der Waals surface area contributed by atoms with Crippen molar-refractivity contribution in [2.75, 3.05) is 12.4 Å². The van der Waals surface area contributed by atoms with E-state index >= 15 is 0 Å². The van der Waals surface area contributed by atoms with Crippen molar-refractivity contribution in [3.05, 3.63) is 81.9 Å². The van der Waals surface area contributed by atoms with E-state index in [1.807, 2.05) is 12.1 Å². The molecular formula is C25H23N3O5. The van der Waals surface area contributed by atoms with Gasteiger partial charge in [0.15, 0.2) is 11.3 Å². The van der Waals surface area contributed by atoms with Gasteiger partial charge in [-0.05, 0) is 53.4 Å². The Labute approximate surface area is 190 Å². The molecule has 0 saturated carbocycles. The molecule has 0 aliphatic carbocycles. The number of amides is 1. The van der Waals surface area contributed by atoms with Crippen molar-refractivity contribution in [2.24, 2.45) is 0 Å².